The summed E-state index contributed by atoms with van der Waals surface area (Å²) in [5.74, 6) is -4.33. The van der Waals surface area contributed by atoms with E-state index < -0.39 is 52.1 Å². The van der Waals surface area contributed by atoms with Crippen LogP contribution in [0.2, 0.25) is 0 Å². The number of halogens is 3. The van der Waals surface area contributed by atoms with Crippen molar-refractivity contribution in [1.82, 2.24) is 19.4 Å². The van der Waals surface area contributed by atoms with Gasteiger partial charge in [0.1, 0.15) is 29.1 Å². The van der Waals surface area contributed by atoms with Crippen LogP contribution in [0, 0.1) is 24.4 Å². The van der Waals surface area contributed by atoms with E-state index in [-0.39, 0.29) is 65.2 Å². The molecular formula is C38H41F3N6O4. The smallest absolute Gasteiger partial charge is 0.281 e. The molecule has 0 radical (unpaired) electrons. The fourth-order valence-electron chi connectivity index (χ4n) is 7.29. The number of rotatable bonds is 8. The molecule has 0 unspecified atom stereocenters. The number of hydrogen-bond acceptors (Lipinski definition) is 7. The second kappa shape index (κ2) is 13.5. The monoisotopic (exact) mass is 702 g/mol. The molecule has 0 N–H and O–H groups in total. The van der Waals surface area contributed by atoms with Crippen molar-refractivity contribution in [3.05, 3.63) is 88.2 Å². The number of aryl methyl sites for hydroxylation is 1. The summed E-state index contributed by atoms with van der Waals surface area (Å²) in [6, 6.07) is 5.19. The van der Waals surface area contributed by atoms with Crippen molar-refractivity contribution in [2.45, 2.75) is 45.7 Å². The van der Waals surface area contributed by atoms with Gasteiger partial charge in [0.15, 0.2) is 5.82 Å². The van der Waals surface area contributed by atoms with Gasteiger partial charge in [0.25, 0.3) is 11.5 Å². The van der Waals surface area contributed by atoms with Crippen molar-refractivity contribution in [2.75, 3.05) is 57.2 Å². The minimum absolute atomic E-state index is 0.000310. The number of aromatic nitrogens is 2. The van der Waals surface area contributed by atoms with Gasteiger partial charge in [0.05, 0.1) is 47.4 Å². The lowest BCUT2D eigenvalue weighted by Gasteiger charge is -2.50. The lowest BCUT2D eigenvalue weighted by atomic mass is 9.94. The summed E-state index contributed by atoms with van der Waals surface area (Å²) in [6.07, 6.45) is 2.77. The molecule has 1 saturated heterocycles. The minimum Gasteiger partial charge on any atom is -0.496 e. The zero-order valence-electron chi connectivity index (χ0n) is 29.8. The number of pyridine rings is 2. The molecule has 2 aliphatic heterocycles. The zero-order valence-corrected chi connectivity index (χ0v) is 29.8. The summed E-state index contributed by atoms with van der Waals surface area (Å²) < 4.78 is 56.3. The predicted molar refractivity (Wildman–Crippen MR) is 191 cm³/mol. The molecule has 0 bridgehead atoms. The van der Waals surface area contributed by atoms with Gasteiger partial charge in [-0.05, 0) is 69.8 Å². The third kappa shape index (κ3) is 5.73. The topological polar surface area (TPSA) is 91.2 Å². The molecule has 4 heterocycles. The number of methoxy groups -OCH3 is 1. The summed E-state index contributed by atoms with van der Waals surface area (Å²) in [5, 5.41) is -0.000310. The van der Waals surface area contributed by atoms with Crippen molar-refractivity contribution >= 4 is 34.1 Å². The highest BCUT2D eigenvalue weighted by molar-refractivity contribution is 6.13. The number of carbonyl (C=O) groups is 2. The fourth-order valence-corrected chi connectivity index (χ4v) is 7.29. The second-order valence-electron chi connectivity index (χ2n) is 13.6. The number of amides is 2. The van der Waals surface area contributed by atoms with Crippen LogP contribution in [0.4, 0.5) is 24.5 Å². The summed E-state index contributed by atoms with van der Waals surface area (Å²) in [6.45, 7) is 11.4. The maximum absolute atomic E-state index is 17.6. The lowest BCUT2D eigenvalue weighted by Crippen LogP contribution is -2.67. The average molecular weight is 703 g/mol. The van der Waals surface area contributed by atoms with E-state index in [1.54, 1.807) is 31.0 Å². The van der Waals surface area contributed by atoms with E-state index in [4.69, 9.17) is 4.74 Å². The summed E-state index contributed by atoms with van der Waals surface area (Å²) in [7, 11) is 4.92. The van der Waals surface area contributed by atoms with Crippen molar-refractivity contribution < 1.29 is 27.5 Å². The molecule has 2 aromatic carbocycles. The third-order valence-electron chi connectivity index (χ3n) is 9.75. The number of nitrogens with zero attached hydrogens (tertiary/aromatic N) is 6. The Morgan fingerprint density at radius 1 is 1.08 bits per heavy atom. The van der Waals surface area contributed by atoms with E-state index in [0.717, 1.165) is 16.7 Å². The summed E-state index contributed by atoms with van der Waals surface area (Å²) in [4.78, 5) is 53.6. The Bertz CT molecular complexity index is 2150. The zero-order chi connectivity index (χ0) is 37.0. The van der Waals surface area contributed by atoms with Gasteiger partial charge in [0.2, 0.25) is 5.91 Å². The third-order valence-corrected chi connectivity index (χ3v) is 9.75. The molecule has 0 saturated carbocycles. The number of piperazine rings is 1. The van der Waals surface area contributed by atoms with Crippen molar-refractivity contribution in [3.63, 3.8) is 0 Å². The second-order valence-corrected chi connectivity index (χ2v) is 13.6. The Labute approximate surface area is 294 Å². The van der Waals surface area contributed by atoms with E-state index in [2.05, 4.69) is 11.6 Å². The normalized spacial score (nSPS) is 17.3. The van der Waals surface area contributed by atoms with Crippen LogP contribution in [0.1, 0.15) is 37.9 Å². The minimum atomic E-state index is -1.19. The highest BCUT2D eigenvalue weighted by atomic mass is 19.1. The van der Waals surface area contributed by atoms with Gasteiger partial charge in [0, 0.05) is 37.3 Å². The number of hydrogen-bond donors (Lipinski definition) is 0. The van der Waals surface area contributed by atoms with Crippen LogP contribution < -0.4 is 20.1 Å². The van der Waals surface area contributed by atoms with Gasteiger partial charge >= 0.3 is 0 Å². The largest absolute Gasteiger partial charge is 0.496 e. The summed E-state index contributed by atoms with van der Waals surface area (Å²) >= 11 is 0. The molecule has 0 aliphatic carbocycles. The van der Waals surface area contributed by atoms with Crippen LogP contribution in [-0.4, -0.2) is 90.6 Å². The molecule has 4 aromatic rings. The van der Waals surface area contributed by atoms with Crippen LogP contribution >= 0.6 is 0 Å². The van der Waals surface area contributed by atoms with Crippen LogP contribution in [0.5, 0.6) is 5.75 Å². The first-order chi connectivity index (χ1) is 24.2. The molecule has 1 fully saturated rings. The molecule has 2 atom stereocenters. The highest BCUT2D eigenvalue weighted by Crippen LogP contribution is 2.46. The lowest BCUT2D eigenvalue weighted by molar-refractivity contribution is -0.130. The number of fused-ring (bicyclic) bond motifs is 5. The van der Waals surface area contributed by atoms with Crippen LogP contribution in [-0.2, 0) is 9.59 Å². The Kier molecular flexibility index (Phi) is 9.45. The molecule has 51 heavy (non-hydrogen) atoms. The van der Waals surface area contributed by atoms with Crippen LogP contribution in [0.3, 0.4) is 0 Å². The number of ether oxygens (including phenoxy) is 1. The molecule has 268 valence electrons. The van der Waals surface area contributed by atoms with E-state index in [9.17, 15) is 9.59 Å². The molecule has 2 amide bonds. The SMILES string of the molecule is C=CC(=O)N1C[C@@H]2C(=O)N(CCN(C)C)c3c(c4cc(F)c(-c5c(F)cccc5OC)c(F)c4n(-c4c(C)ccnc4C(C)C)c3=O)N2C[C@H]1C. The van der Waals surface area contributed by atoms with Gasteiger partial charge in [-0.1, -0.05) is 26.5 Å². The van der Waals surface area contributed by atoms with Crippen molar-refractivity contribution in [1.29, 1.82) is 0 Å². The molecule has 10 nitrogen and oxygen atoms in total. The quantitative estimate of drug-likeness (QED) is 0.227. The predicted octanol–water partition coefficient (Wildman–Crippen LogP) is 5.41. The van der Waals surface area contributed by atoms with E-state index in [0.29, 0.717) is 17.8 Å². The number of likely N-dealkylation sites (N-methyl/N-ethyl adjacent to an activating group) is 1. The first kappa shape index (κ1) is 35.6. The number of benzene rings is 2. The maximum Gasteiger partial charge on any atom is 0.281 e. The van der Waals surface area contributed by atoms with Gasteiger partial charge in [-0.2, -0.15) is 0 Å². The Balaban J connectivity index is 1.82. The fraction of sp³-hybridized carbons (Fsp3) is 0.368. The van der Waals surface area contributed by atoms with Crippen LogP contribution in [0.25, 0.3) is 27.7 Å². The standard InChI is InChI=1S/C38H41F3N6O4/c1-9-28(48)45-19-26-37(49)44(16-15-43(6)7)36-35(46(26)18-22(45)5)23-17-25(40)30(29-24(39)11-10-12-27(29)51-8)31(41)34(23)47(38(36)50)33-21(4)13-14-42-32(33)20(2)3/h9-14,17,20,22,26H,1,15-16,18-19H2,2-8H3/t22-,26-/m1/s1. The van der Waals surface area contributed by atoms with Crippen LogP contribution in [0.15, 0.2) is 54.0 Å². The highest BCUT2D eigenvalue weighted by Gasteiger charge is 2.47. The first-order valence-corrected chi connectivity index (χ1v) is 16.8. The average Bonchev–Trinajstić information content (AvgIpc) is 3.08. The van der Waals surface area contributed by atoms with Crippen molar-refractivity contribution in [2.24, 2.45) is 0 Å². The number of anilines is 2. The molecule has 2 aliphatic rings. The van der Waals surface area contributed by atoms with Crippen molar-refractivity contribution in [3.8, 4) is 22.6 Å². The number of carbonyl (C=O) groups excluding carboxylic acids is 2. The maximum atomic E-state index is 17.6. The van der Waals surface area contributed by atoms with E-state index >= 15 is 18.0 Å². The Hall–Kier alpha value is -5.17. The van der Waals surface area contributed by atoms with Gasteiger partial charge in [-0.15, -0.1) is 0 Å². The summed E-state index contributed by atoms with van der Waals surface area (Å²) in [5.41, 5.74) is -0.745. The van der Waals surface area contributed by atoms with Gasteiger partial charge < -0.3 is 24.3 Å². The Morgan fingerprint density at radius 3 is 2.45 bits per heavy atom. The Morgan fingerprint density at radius 2 is 1.80 bits per heavy atom. The molecule has 2 aromatic heterocycles. The van der Waals surface area contributed by atoms with E-state index in [1.165, 1.54) is 35.1 Å². The molecule has 6 rings (SSSR count). The van der Waals surface area contributed by atoms with Gasteiger partial charge in [-0.25, -0.2) is 13.2 Å². The molecule has 0 spiro atoms. The molecular weight excluding hydrogens is 661 g/mol. The first-order valence-electron chi connectivity index (χ1n) is 16.8. The van der Waals surface area contributed by atoms with E-state index in [1.807, 2.05) is 32.8 Å². The molecule has 13 heteroatoms. The van der Waals surface area contributed by atoms with Gasteiger partial charge in [-0.3, -0.25) is 23.9 Å².